The molecule has 0 radical (unpaired) electrons. The van der Waals surface area contributed by atoms with E-state index in [1.807, 2.05) is 0 Å². The summed E-state index contributed by atoms with van der Waals surface area (Å²) in [6, 6.07) is 5.90. The molecule has 0 bridgehead atoms. The highest BCUT2D eigenvalue weighted by atomic mass is 19.3. The second-order valence-corrected chi connectivity index (χ2v) is 4.37. The number of ether oxygens (including phenoxy) is 1. The van der Waals surface area contributed by atoms with Gasteiger partial charge in [0.2, 0.25) is 5.91 Å². The zero-order chi connectivity index (χ0) is 13.7. The van der Waals surface area contributed by atoms with Crippen LogP contribution in [0.3, 0.4) is 0 Å². The summed E-state index contributed by atoms with van der Waals surface area (Å²) in [5.74, 6) is -0.244. The molecule has 1 fully saturated rings. The Morgan fingerprint density at radius 3 is 2.84 bits per heavy atom. The molecule has 1 saturated heterocycles. The molecule has 1 aromatic rings. The van der Waals surface area contributed by atoms with Crippen LogP contribution in [-0.2, 0) is 4.79 Å². The summed E-state index contributed by atoms with van der Waals surface area (Å²) in [5.41, 5.74) is 0.264. The van der Waals surface area contributed by atoms with Crippen molar-refractivity contribution in [3.05, 3.63) is 24.3 Å². The van der Waals surface area contributed by atoms with E-state index in [1.165, 1.54) is 6.07 Å². The molecular formula is C13H16F2N2O2. The van der Waals surface area contributed by atoms with Crippen molar-refractivity contribution in [1.29, 1.82) is 0 Å². The zero-order valence-electron chi connectivity index (χ0n) is 10.4. The minimum absolute atomic E-state index is 0.0262. The number of halogens is 2. The van der Waals surface area contributed by atoms with Gasteiger partial charge in [-0.05, 0) is 31.5 Å². The monoisotopic (exact) mass is 270 g/mol. The number of para-hydroxylation sites is 2. The lowest BCUT2D eigenvalue weighted by molar-refractivity contribution is -0.118. The molecule has 104 valence electrons. The van der Waals surface area contributed by atoms with Crippen LogP contribution >= 0.6 is 0 Å². The largest absolute Gasteiger partial charge is 0.433 e. The van der Waals surface area contributed by atoms with E-state index in [-0.39, 0.29) is 23.4 Å². The predicted octanol–water partition coefficient (Wildman–Crippen LogP) is 2.37. The van der Waals surface area contributed by atoms with Crippen LogP contribution in [0.1, 0.15) is 19.3 Å². The molecule has 0 spiro atoms. The van der Waals surface area contributed by atoms with Crippen LogP contribution in [0.15, 0.2) is 24.3 Å². The Morgan fingerprint density at radius 2 is 2.16 bits per heavy atom. The number of alkyl halides is 2. The highest BCUT2D eigenvalue weighted by Gasteiger charge is 2.21. The van der Waals surface area contributed by atoms with Gasteiger partial charge in [-0.2, -0.15) is 8.78 Å². The molecule has 1 aliphatic rings. The number of hydrogen-bond donors (Lipinski definition) is 2. The first-order valence-corrected chi connectivity index (χ1v) is 6.25. The molecule has 1 heterocycles. The highest BCUT2D eigenvalue weighted by Crippen LogP contribution is 2.25. The van der Waals surface area contributed by atoms with Gasteiger partial charge in [-0.3, -0.25) is 4.79 Å². The third-order valence-electron chi connectivity index (χ3n) is 2.99. The minimum Gasteiger partial charge on any atom is -0.433 e. The van der Waals surface area contributed by atoms with Crippen LogP contribution in [0, 0.1) is 0 Å². The van der Waals surface area contributed by atoms with Gasteiger partial charge in [-0.15, -0.1) is 0 Å². The number of hydrogen-bond acceptors (Lipinski definition) is 3. The fraction of sp³-hybridized carbons (Fsp3) is 0.462. The SMILES string of the molecule is O=C(Nc1ccccc1OC(F)F)[C@H]1CCCCN1. The van der Waals surface area contributed by atoms with Crippen LogP contribution in [0.2, 0.25) is 0 Å². The third kappa shape index (κ3) is 3.89. The lowest BCUT2D eigenvalue weighted by Crippen LogP contribution is -2.43. The zero-order valence-corrected chi connectivity index (χ0v) is 10.4. The van der Waals surface area contributed by atoms with E-state index in [4.69, 9.17) is 0 Å². The van der Waals surface area contributed by atoms with Gasteiger partial charge in [0.25, 0.3) is 0 Å². The van der Waals surface area contributed by atoms with Gasteiger partial charge in [0.15, 0.2) is 0 Å². The lowest BCUT2D eigenvalue weighted by atomic mass is 10.0. The maximum absolute atomic E-state index is 12.2. The Morgan fingerprint density at radius 1 is 1.37 bits per heavy atom. The van der Waals surface area contributed by atoms with Gasteiger partial charge in [0, 0.05) is 0 Å². The molecule has 1 atom stereocenters. The summed E-state index contributed by atoms with van der Waals surface area (Å²) in [6.45, 7) is -2.11. The first-order valence-electron chi connectivity index (χ1n) is 6.25. The Kier molecular flexibility index (Phi) is 4.68. The normalized spacial score (nSPS) is 19.2. The van der Waals surface area contributed by atoms with Crippen LogP contribution in [0.4, 0.5) is 14.5 Å². The summed E-state index contributed by atoms with van der Waals surface area (Å²) < 4.78 is 28.9. The fourth-order valence-electron chi connectivity index (χ4n) is 2.06. The number of piperidine rings is 1. The van der Waals surface area contributed by atoms with E-state index in [0.717, 1.165) is 25.8 Å². The average Bonchev–Trinajstić information content (AvgIpc) is 2.41. The Balaban J connectivity index is 2.03. The summed E-state index contributed by atoms with van der Waals surface area (Å²) in [6.07, 6.45) is 2.79. The number of carbonyl (C=O) groups excluding carboxylic acids is 1. The van der Waals surface area contributed by atoms with E-state index in [1.54, 1.807) is 18.2 Å². The molecule has 4 nitrogen and oxygen atoms in total. The Bertz CT molecular complexity index is 434. The van der Waals surface area contributed by atoms with Crippen LogP contribution in [-0.4, -0.2) is 25.1 Å². The van der Waals surface area contributed by atoms with E-state index in [9.17, 15) is 13.6 Å². The second-order valence-electron chi connectivity index (χ2n) is 4.37. The maximum Gasteiger partial charge on any atom is 0.387 e. The van der Waals surface area contributed by atoms with Crippen LogP contribution in [0.25, 0.3) is 0 Å². The number of rotatable bonds is 4. The first kappa shape index (κ1) is 13.7. The molecule has 0 aliphatic carbocycles. The molecule has 1 amide bonds. The van der Waals surface area contributed by atoms with Crippen molar-refractivity contribution in [2.45, 2.75) is 31.9 Å². The number of nitrogens with one attached hydrogen (secondary N) is 2. The fourth-order valence-corrected chi connectivity index (χ4v) is 2.06. The van der Waals surface area contributed by atoms with Gasteiger partial charge in [0.1, 0.15) is 5.75 Å². The minimum atomic E-state index is -2.91. The summed E-state index contributed by atoms with van der Waals surface area (Å²) in [7, 11) is 0. The van der Waals surface area contributed by atoms with Crippen molar-refractivity contribution < 1.29 is 18.3 Å². The number of benzene rings is 1. The Hall–Kier alpha value is -1.69. The van der Waals surface area contributed by atoms with Gasteiger partial charge >= 0.3 is 6.61 Å². The summed E-state index contributed by atoms with van der Waals surface area (Å²) >= 11 is 0. The van der Waals surface area contributed by atoms with Gasteiger partial charge in [0.05, 0.1) is 11.7 Å². The van der Waals surface area contributed by atoms with Crippen molar-refractivity contribution in [1.82, 2.24) is 5.32 Å². The van der Waals surface area contributed by atoms with Crippen LogP contribution < -0.4 is 15.4 Å². The van der Waals surface area contributed by atoms with Crippen molar-refractivity contribution >= 4 is 11.6 Å². The summed E-state index contributed by atoms with van der Waals surface area (Å²) in [4.78, 5) is 12.0. The van der Waals surface area contributed by atoms with Gasteiger partial charge < -0.3 is 15.4 Å². The van der Waals surface area contributed by atoms with Gasteiger partial charge in [-0.1, -0.05) is 18.6 Å². The van der Waals surface area contributed by atoms with Crippen molar-refractivity contribution in [2.24, 2.45) is 0 Å². The summed E-state index contributed by atoms with van der Waals surface area (Å²) in [5, 5.41) is 5.72. The van der Waals surface area contributed by atoms with E-state index in [0.29, 0.717) is 0 Å². The number of carbonyl (C=O) groups is 1. The lowest BCUT2D eigenvalue weighted by Gasteiger charge is -2.23. The smallest absolute Gasteiger partial charge is 0.387 e. The molecule has 0 aromatic heterocycles. The van der Waals surface area contributed by atoms with E-state index < -0.39 is 6.61 Å². The average molecular weight is 270 g/mol. The standard InChI is InChI=1S/C13H16F2N2O2/c14-13(15)19-11-7-2-1-5-9(11)17-12(18)10-6-3-4-8-16-10/h1-2,5,7,10,13,16H,3-4,6,8H2,(H,17,18)/t10-/m1/s1. The van der Waals surface area contributed by atoms with Crippen molar-refractivity contribution in [3.63, 3.8) is 0 Å². The Labute approximate surface area is 110 Å². The molecule has 6 heteroatoms. The molecule has 19 heavy (non-hydrogen) atoms. The maximum atomic E-state index is 12.2. The first-order chi connectivity index (χ1) is 9.16. The van der Waals surface area contributed by atoms with Crippen molar-refractivity contribution in [2.75, 3.05) is 11.9 Å². The number of amides is 1. The third-order valence-corrected chi connectivity index (χ3v) is 2.99. The van der Waals surface area contributed by atoms with Crippen molar-refractivity contribution in [3.8, 4) is 5.75 Å². The van der Waals surface area contributed by atoms with E-state index >= 15 is 0 Å². The topological polar surface area (TPSA) is 50.4 Å². The molecule has 2 N–H and O–H groups in total. The van der Waals surface area contributed by atoms with Gasteiger partial charge in [-0.25, -0.2) is 0 Å². The number of anilines is 1. The molecule has 1 aliphatic heterocycles. The molecule has 2 rings (SSSR count). The predicted molar refractivity (Wildman–Crippen MR) is 67.3 cm³/mol. The molecule has 0 saturated carbocycles. The van der Waals surface area contributed by atoms with Crippen LogP contribution in [0.5, 0.6) is 5.75 Å². The molecule has 0 unspecified atom stereocenters. The molecule has 1 aromatic carbocycles. The van der Waals surface area contributed by atoms with E-state index in [2.05, 4.69) is 15.4 Å². The second kappa shape index (κ2) is 6.47. The highest BCUT2D eigenvalue weighted by molar-refractivity contribution is 5.96. The quantitative estimate of drug-likeness (QED) is 0.883. The molecular weight excluding hydrogens is 254 g/mol.